The molecule has 1 spiro atoms. The predicted octanol–water partition coefficient (Wildman–Crippen LogP) is 2.70. The third-order valence-corrected chi connectivity index (χ3v) is 5.84. The molecule has 0 aromatic rings. The first-order valence-corrected chi connectivity index (χ1v) is 8.22. The number of carboxylic acid groups (broad SMARTS) is 1. The van der Waals surface area contributed by atoms with E-state index < -0.39 is 11.4 Å². The number of carbonyl (C=O) groups is 1. The van der Waals surface area contributed by atoms with E-state index in [-0.39, 0.29) is 24.2 Å². The Labute approximate surface area is 121 Å². The van der Waals surface area contributed by atoms with Gasteiger partial charge in [0.2, 0.25) is 0 Å². The quantitative estimate of drug-likeness (QED) is 0.812. The zero-order valence-electron chi connectivity index (χ0n) is 12.3. The number of hydrogen-bond acceptors (Lipinski definition) is 3. The van der Waals surface area contributed by atoms with Gasteiger partial charge in [-0.25, -0.2) is 0 Å². The van der Waals surface area contributed by atoms with Gasteiger partial charge in [0, 0.05) is 6.54 Å². The number of ether oxygens (including phenoxy) is 1. The van der Waals surface area contributed by atoms with Gasteiger partial charge in [0.25, 0.3) is 0 Å². The molecule has 2 aliphatic carbocycles. The highest BCUT2D eigenvalue weighted by Gasteiger charge is 2.53. The van der Waals surface area contributed by atoms with Crippen LogP contribution < -0.4 is 5.73 Å². The van der Waals surface area contributed by atoms with Crippen molar-refractivity contribution in [2.75, 3.05) is 6.54 Å². The highest BCUT2D eigenvalue weighted by Crippen LogP contribution is 2.51. The maximum absolute atomic E-state index is 11.8. The molecule has 3 N–H and O–H groups in total. The smallest absolute Gasteiger partial charge is 0.311 e. The first kappa shape index (κ1) is 14.3. The number of nitrogens with two attached hydrogens (primary N) is 1. The van der Waals surface area contributed by atoms with E-state index >= 15 is 0 Å². The first-order chi connectivity index (χ1) is 9.60. The van der Waals surface area contributed by atoms with E-state index in [4.69, 9.17) is 10.5 Å². The summed E-state index contributed by atoms with van der Waals surface area (Å²) in [5, 5.41) is 9.66. The Morgan fingerprint density at radius 1 is 1.20 bits per heavy atom. The maximum atomic E-state index is 11.8. The lowest BCUT2D eigenvalue weighted by Crippen LogP contribution is -2.44. The predicted molar refractivity (Wildman–Crippen MR) is 76.4 cm³/mol. The van der Waals surface area contributed by atoms with Gasteiger partial charge in [-0.05, 0) is 50.9 Å². The van der Waals surface area contributed by atoms with Gasteiger partial charge in [-0.1, -0.05) is 19.3 Å². The van der Waals surface area contributed by atoms with Gasteiger partial charge in [0.05, 0.1) is 17.1 Å². The molecule has 4 heteroatoms. The van der Waals surface area contributed by atoms with Crippen molar-refractivity contribution in [1.82, 2.24) is 0 Å². The fourth-order valence-electron chi connectivity index (χ4n) is 4.41. The maximum Gasteiger partial charge on any atom is 0.311 e. The van der Waals surface area contributed by atoms with E-state index in [0.29, 0.717) is 6.42 Å². The molecule has 0 aromatic heterocycles. The first-order valence-electron chi connectivity index (χ1n) is 8.22. The summed E-state index contributed by atoms with van der Waals surface area (Å²) in [6.07, 6.45) is 11.0. The van der Waals surface area contributed by atoms with Gasteiger partial charge in [0.15, 0.2) is 0 Å². The van der Waals surface area contributed by atoms with Crippen molar-refractivity contribution >= 4 is 5.97 Å². The average molecular weight is 281 g/mol. The van der Waals surface area contributed by atoms with Crippen LogP contribution in [0.25, 0.3) is 0 Å². The molecule has 0 amide bonds. The van der Waals surface area contributed by atoms with Crippen LogP contribution in [0.4, 0.5) is 0 Å². The third-order valence-electron chi connectivity index (χ3n) is 5.84. The number of rotatable bonds is 5. The molecule has 2 unspecified atom stereocenters. The van der Waals surface area contributed by atoms with Gasteiger partial charge in [-0.15, -0.1) is 0 Å². The summed E-state index contributed by atoms with van der Waals surface area (Å²) >= 11 is 0. The van der Waals surface area contributed by atoms with Gasteiger partial charge in [0.1, 0.15) is 0 Å². The van der Waals surface area contributed by atoms with Crippen LogP contribution in [0.3, 0.4) is 0 Å². The van der Waals surface area contributed by atoms with Crippen LogP contribution in [0.5, 0.6) is 0 Å². The molecule has 1 heterocycles. The number of carboxylic acids is 1. The van der Waals surface area contributed by atoms with E-state index in [2.05, 4.69) is 0 Å². The molecule has 1 saturated heterocycles. The molecule has 20 heavy (non-hydrogen) atoms. The normalized spacial score (nSPS) is 32.1. The molecule has 4 nitrogen and oxygen atoms in total. The van der Waals surface area contributed by atoms with Crippen molar-refractivity contribution in [2.45, 2.75) is 75.9 Å². The lowest BCUT2D eigenvalue weighted by atomic mass is 9.77. The second-order valence-corrected chi connectivity index (χ2v) is 7.17. The van der Waals surface area contributed by atoms with Crippen LogP contribution in [0.2, 0.25) is 0 Å². The van der Waals surface area contributed by atoms with Crippen LogP contribution in [-0.2, 0) is 9.53 Å². The van der Waals surface area contributed by atoms with E-state index in [1.54, 1.807) is 0 Å². The number of hydrogen-bond donors (Lipinski definition) is 2. The van der Waals surface area contributed by atoms with Gasteiger partial charge < -0.3 is 15.6 Å². The Hall–Kier alpha value is -0.610. The Kier molecular flexibility index (Phi) is 3.80. The Balaban J connectivity index is 1.66. The monoisotopic (exact) mass is 281 g/mol. The molecule has 3 aliphatic rings. The summed E-state index contributed by atoms with van der Waals surface area (Å²) in [5.41, 5.74) is 5.20. The summed E-state index contributed by atoms with van der Waals surface area (Å²) in [4.78, 5) is 11.8. The zero-order valence-corrected chi connectivity index (χ0v) is 12.3. The lowest BCUT2D eigenvalue weighted by molar-refractivity contribution is -0.154. The molecule has 0 radical (unpaired) electrons. The Morgan fingerprint density at radius 3 is 2.45 bits per heavy atom. The molecule has 3 rings (SSSR count). The molecule has 114 valence electrons. The third kappa shape index (κ3) is 2.48. The standard InChI is InChI=1S/C16H27NO3/c17-11-16(14(18)19,12-4-5-12)10-13-6-9-15(20-13)7-2-1-3-8-15/h12-13H,1-11,17H2,(H,18,19). The van der Waals surface area contributed by atoms with E-state index in [1.165, 1.54) is 19.3 Å². The van der Waals surface area contributed by atoms with Crippen LogP contribution in [-0.4, -0.2) is 29.3 Å². The van der Waals surface area contributed by atoms with Gasteiger partial charge >= 0.3 is 5.97 Å². The van der Waals surface area contributed by atoms with Crippen LogP contribution in [0, 0.1) is 11.3 Å². The fraction of sp³-hybridized carbons (Fsp3) is 0.938. The minimum atomic E-state index is -0.731. The Morgan fingerprint density at radius 2 is 1.90 bits per heavy atom. The second kappa shape index (κ2) is 5.30. The van der Waals surface area contributed by atoms with Crippen LogP contribution in [0.15, 0.2) is 0 Å². The van der Waals surface area contributed by atoms with E-state index in [0.717, 1.165) is 38.5 Å². The molecule has 2 atom stereocenters. The molecular weight excluding hydrogens is 254 g/mol. The summed E-state index contributed by atoms with van der Waals surface area (Å²) in [5.74, 6) is -0.438. The summed E-state index contributed by atoms with van der Waals surface area (Å²) in [6.45, 7) is 0.250. The van der Waals surface area contributed by atoms with Crippen molar-refractivity contribution in [2.24, 2.45) is 17.1 Å². The second-order valence-electron chi connectivity index (χ2n) is 7.17. The molecule has 0 bridgehead atoms. The minimum Gasteiger partial charge on any atom is -0.481 e. The molecule has 2 saturated carbocycles. The summed E-state index contributed by atoms with van der Waals surface area (Å²) in [7, 11) is 0. The molecule has 3 fully saturated rings. The topological polar surface area (TPSA) is 72.5 Å². The highest BCUT2D eigenvalue weighted by molar-refractivity contribution is 5.76. The molecular formula is C16H27NO3. The van der Waals surface area contributed by atoms with E-state index in [9.17, 15) is 9.90 Å². The van der Waals surface area contributed by atoms with Crippen molar-refractivity contribution < 1.29 is 14.6 Å². The van der Waals surface area contributed by atoms with Crippen molar-refractivity contribution in [3.63, 3.8) is 0 Å². The molecule has 0 aromatic carbocycles. The summed E-state index contributed by atoms with van der Waals surface area (Å²) < 4.78 is 6.36. The van der Waals surface area contributed by atoms with Crippen molar-refractivity contribution in [1.29, 1.82) is 0 Å². The zero-order chi connectivity index (χ0) is 14.2. The lowest BCUT2D eigenvalue weighted by Gasteiger charge is -2.35. The largest absolute Gasteiger partial charge is 0.481 e. The minimum absolute atomic E-state index is 0.0747. The average Bonchev–Trinajstić information content (AvgIpc) is 3.22. The van der Waals surface area contributed by atoms with Crippen LogP contribution >= 0.6 is 0 Å². The van der Waals surface area contributed by atoms with Crippen LogP contribution in [0.1, 0.15) is 64.2 Å². The number of aliphatic carboxylic acids is 1. The highest BCUT2D eigenvalue weighted by atomic mass is 16.5. The van der Waals surface area contributed by atoms with E-state index in [1.807, 2.05) is 0 Å². The van der Waals surface area contributed by atoms with Gasteiger partial charge in [-0.3, -0.25) is 4.79 Å². The van der Waals surface area contributed by atoms with Crippen molar-refractivity contribution in [3.05, 3.63) is 0 Å². The van der Waals surface area contributed by atoms with Gasteiger partial charge in [-0.2, -0.15) is 0 Å². The van der Waals surface area contributed by atoms with Crippen molar-refractivity contribution in [3.8, 4) is 0 Å². The molecule has 1 aliphatic heterocycles. The summed E-state index contributed by atoms with van der Waals surface area (Å²) in [6, 6.07) is 0. The Bertz CT molecular complexity index is 374. The fourth-order valence-corrected chi connectivity index (χ4v) is 4.41. The SMILES string of the molecule is NCC(CC1CCC2(CCCCC2)O1)(C(=O)O)C1CC1.